The van der Waals surface area contributed by atoms with Gasteiger partial charge < -0.3 is 5.32 Å². The Morgan fingerprint density at radius 1 is 1.07 bits per heavy atom. The van der Waals surface area contributed by atoms with Crippen LogP contribution in [0.2, 0.25) is 0 Å². The van der Waals surface area contributed by atoms with Gasteiger partial charge in [0.25, 0.3) is 5.91 Å². The van der Waals surface area contributed by atoms with Gasteiger partial charge in [-0.1, -0.05) is 39.0 Å². The normalized spacial score (nSPS) is 11.6. The number of sulfonamides is 1. The minimum Gasteiger partial charge on any atom is -0.322 e. The maximum atomic E-state index is 12.6. The predicted molar refractivity (Wildman–Crippen MR) is 105 cm³/mol. The van der Waals surface area contributed by atoms with Crippen molar-refractivity contribution in [2.45, 2.75) is 37.5 Å². The van der Waals surface area contributed by atoms with Gasteiger partial charge in [-0.05, 0) is 41.3 Å². The summed E-state index contributed by atoms with van der Waals surface area (Å²) in [6.07, 6.45) is 0.0902. The highest BCUT2D eigenvalue weighted by molar-refractivity contribution is 7.89. The standard InChI is InChI=1S/C20H23N3O3S/c1-20(2,3)17-7-4-5-8-18(17)23-19(24)15-9-11-16(12-10-15)27(25,26)22-14-6-13-21/h4-5,7-12,22H,6,14H2,1-3H3,(H,23,24). The molecule has 0 aromatic heterocycles. The first kappa shape index (κ1) is 20.6. The highest BCUT2D eigenvalue weighted by atomic mass is 32.2. The van der Waals surface area contributed by atoms with Gasteiger partial charge in [-0.3, -0.25) is 4.79 Å². The Morgan fingerprint density at radius 3 is 2.30 bits per heavy atom. The van der Waals surface area contributed by atoms with Crippen LogP contribution in [-0.4, -0.2) is 20.9 Å². The van der Waals surface area contributed by atoms with Gasteiger partial charge in [0.1, 0.15) is 0 Å². The van der Waals surface area contributed by atoms with Gasteiger partial charge in [0.2, 0.25) is 10.0 Å². The molecule has 0 atom stereocenters. The minimum absolute atomic E-state index is 0.0463. The van der Waals surface area contributed by atoms with Crippen LogP contribution in [0.25, 0.3) is 0 Å². The number of carbonyl (C=O) groups excluding carboxylic acids is 1. The van der Waals surface area contributed by atoms with Gasteiger partial charge in [-0.25, -0.2) is 13.1 Å². The molecule has 2 N–H and O–H groups in total. The summed E-state index contributed by atoms with van der Waals surface area (Å²) in [6.45, 7) is 6.25. The van der Waals surface area contributed by atoms with Crippen LogP contribution in [0, 0.1) is 11.3 Å². The summed E-state index contributed by atoms with van der Waals surface area (Å²) in [7, 11) is -3.69. The molecule has 1 amide bonds. The highest BCUT2D eigenvalue weighted by Crippen LogP contribution is 2.29. The predicted octanol–water partition coefficient (Wildman–Crippen LogP) is 3.43. The van der Waals surface area contributed by atoms with Crippen molar-refractivity contribution in [2.24, 2.45) is 0 Å². The average molecular weight is 385 g/mol. The Hall–Kier alpha value is -2.69. The third kappa shape index (κ3) is 5.39. The molecule has 0 aliphatic rings. The molecule has 2 rings (SSSR count). The number of nitriles is 1. The Bertz CT molecular complexity index is 953. The van der Waals surface area contributed by atoms with Crippen molar-refractivity contribution in [3.05, 3.63) is 59.7 Å². The molecule has 0 unspecified atom stereocenters. The molecule has 7 heteroatoms. The number of hydrogen-bond donors (Lipinski definition) is 2. The second-order valence-electron chi connectivity index (χ2n) is 7.08. The van der Waals surface area contributed by atoms with Gasteiger partial charge in [-0.2, -0.15) is 5.26 Å². The second kappa shape index (κ2) is 8.33. The molecular weight excluding hydrogens is 362 g/mol. The van der Waals surface area contributed by atoms with Crippen LogP contribution in [0.15, 0.2) is 53.4 Å². The number of rotatable bonds is 6. The van der Waals surface area contributed by atoms with Crippen LogP contribution >= 0.6 is 0 Å². The van der Waals surface area contributed by atoms with Gasteiger partial charge in [0.15, 0.2) is 0 Å². The number of nitrogens with one attached hydrogen (secondary N) is 2. The van der Waals surface area contributed by atoms with Crippen molar-refractivity contribution >= 4 is 21.6 Å². The maximum Gasteiger partial charge on any atom is 0.255 e. The summed E-state index contributed by atoms with van der Waals surface area (Å²) in [5, 5.41) is 11.4. The number of para-hydroxylation sites is 1. The zero-order valence-corrected chi connectivity index (χ0v) is 16.4. The number of anilines is 1. The summed E-state index contributed by atoms with van der Waals surface area (Å²) in [4.78, 5) is 12.6. The summed E-state index contributed by atoms with van der Waals surface area (Å²) in [5.41, 5.74) is 1.97. The molecule has 0 radical (unpaired) electrons. The van der Waals surface area contributed by atoms with Gasteiger partial charge in [0, 0.05) is 24.2 Å². The maximum absolute atomic E-state index is 12.6. The summed E-state index contributed by atoms with van der Waals surface area (Å²) in [5.74, 6) is -0.312. The topological polar surface area (TPSA) is 99.1 Å². The van der Waals surface area contributed by atoms with Crippen LogP contribution in [-0.2, 0) is 15.4 Å². The van der Waals surface area contributed by atoms with Crippen LogP contribution in [0.5, 0.6) is 0 Å². The first-order chi connectivity index (χ1) is 12.6. The SMILES string of the molecule is CC(C)(C)c1ccccc1NC(=O)c1ccc(S(=O)(=O)NCCC#N)cc1. The van der Waals surface area contributed by atoms with Crippen LogP contribution in [0.1, 0.15) is 43.1 Å². The third-order valence-corrected chi connectivity index (χ3v) is 5.42. The van der Waals surface area contributed by atoms with Gasteiger partial charge in [0.05, 0.1) is 11.0 Å². The van der Waals surface area contributed by atoms with Crippen LogP contribution in [0.4, 0.5) is 5.69 Å². The summed E-state index contributed by atoms with van der Waals surface area (Å²) < 4.78 is 26.6. The minimum atomic E-state index is -3.69. The van der Waals surface area contributed by atoms with E-state index in [1.165, 1.54) is 24.3 Å². The Morgan fingerprint density at radius 2 is 1.70 bits per heavy atom. The van der Waals surface area contributed by atoms with Crippen molar-refractivity contribution in [1.82, 2.24) is 4.72 Å². The number of hydrogen-bond acceptors (Lipinski definition) is 4. The molecule has 142 valence electrons. The lowest BCUT2D eigenvalue weighted by molar-refractivity contribution is 0.102. The Kier molecular flexibility index (Phi) is 6.37. The lowest BCUT2D eigenvalue weighted by Crippen LogP contribution is -2.24. The van der Waals surface area contributed by atoms with Gasteiger partial charge >= 0.3 is 0 Å². The largest absolute Gasteiger partial charge is 0.322 e. The number of amides is 1. The monoisotopic (exact) mass is 385 g/mol. The van der Waals surface area contributed by atoms with E-state index in [0.717, 1.165) is 11.3 Å². The van der Waals surface area contributed by atoms with E-state index in [1.54, 1.807) is 0 Å². The molecule has 0 spiro atoms. The smallest absolute Gasteiger partial charge is 0.255 e. The quantitative estimate of drug-likeness (QED) is 0.744. The van der Waals surface area contributed by atoms with E-state index >= 15 is 0 Å². The van der Waals surface area contributed by atoms with Crippen molar-refractivity contribution in [3.63, 3.8) is 0 Å². The molecule has 0 saturated heterocycles. The van der Waals surface area contributed by atoms with Gasteiger partial charge in [-0.15, -0.1) is 0 Å². The lowest BCUT2D eigenvalue weighted by atomic mass is 9.86. The highest BCUT2D eigenvalue weighted by Gasteiger charge is 2.19. The third-order valence-electron chi connectivity index (χ3n) is 3.94. The number of benzene rings is 2. The fourth-order valence-electron chi connectivity index (χ4n) is 2.55. The molecule has 2 aromatic carbocycles. The van der Waals surface area contributed by atoms with E-state index in [9.17, 15) is 13.2 Å². The summed E-state index contributed by atoms with van der Waals surface area (Å²) in [6, 6.07) is 15.1. The fraction of sp³-hybridized carbons (Fsp3) is 0.300. The van der Waals surface area contributed by atoms with E-state index in [0.29, 0.717) is 5.56 Å². The molecule has 0 saturated carbocycles. The summed E-state index contributed by atoms with van der Waals surface area (Å²) >= 11 is 0. The average Bonchev–Trinajstić information content (AvgIpc) is 2.61. The van der Waals surface area contributed by atoms with Crippen molar-refractivity contribution in [3.8, 4) is 6.07 Å². The number of nitrogens with zero attached hydrogens (tertiary/aromatic N) is 1. The Balaban J connectivity index is 2.17. The van der Waals surface area contributed by atoms with E-state index in [1.807, 2.05) is 30.3 Å². The van der Waals surface area contributed by atoms with Crippen LogP contribution in [0.3, 0.4) is 0 Å². The first-order valence-corrected chi connectivity index (χ1v) is 10.0. The second-order valence-corrected chi connectivity index (χ2v) is 8.85. The molecule has 6 nitrogen and oxygen atoms in total. The molecule has 0 heterocycles. The molecule has 0 aliphatic heterocycles. The fourth-order valence-corrected chi connectivity index (χ4v) is 3.58. The zero-order chi connectivity index (χ0) is 20.1. The van der Waals surface area contributed by atoms with Crippen molar-refractivity contribution in [2.75, 3.05) is 11.9 Å². The van der Waals surface area contributed by atoms with E-state index in [2.05, 4.69) is 30.8 Å². The van der Waals surface area contributed by atoms with Crippen LogP contribution < -0.4 is 10.0 Å². The van der Waals surface area contributed by atoms with E-state index < -0.39 is 10.0 Å². The molecule has 0 bridgehead atoms. The zero-order valence-electron chi connectivity index (χ0n) is 15.6. The molecule has 27 heavy (non-hydrogen) atoms. The lowest BCUT2D eigenvalue weighted by Gasteiger charge is -2.23. The number of carbonyl (C=O) groups is 1. The molecule has 2 aromatic rings. The van der Waals surface area contributed by atoms with E-state index in [-0.39, 0.29) is 29.2 Å². The molecule has 0 aliphatic carbocycles. The Labute approximate surface area is 160 Å². The van der Waals surface area contributed by atoms with E-state index in [4.69, 9.17) is 5.26 Å². The molecular formula is C20H23N3O3S. The van der Waals surface area contributed by atoms with Crippen molar-refractivity contribution < 1.29 is 13.2 Å². The first-order valence-electron chi connectivity index (χ1n) is 8.53. The van der Waals surface area contributed by atoms with Crippen molar-refractivity contribution in [1.29, 1.82) is 5.26 Å². The molecule has 0 fully saturated rings.